The van der Waals surface area contributed by atoms with Crippen LogP contribution in [0.2, 0.25) is 0 Å². The Kier molecular flexibility index (Phi) is 1.97. The molecule has 0 spiro atoms. The lowest BCUT2D eigenvalue weighted by atomic mass is 10.1. The Morgan fingerprint density at radius 2 is 1.50 bits per heavy atom. The minimum absolute atomic E-state index is 0.0813. The highest BCUT2D eigenvalue weighted by Crippen LogP contribution is 2.21. The van der Waals surface area contributed by atoms with Crippen LogP contribution in [0, 0.1) is 0 Å². The van der Waals surface area contributed by atoms with Gasteiger partial charge in [-0.1, -0.05) is 42.5 Å². The molecule has 0 amide bonds. The highest BCUT2D eigenvalue weighted by molar-refractivity contribution is 5.86. The zero-order chi connectivity index (χ0) is 11.0. The van der Waals surface area contributed by atoms with Crippen molar-refractivity contribution >= 4 is 10.8 Å². The first-order valence-corrected chi connectivity index (χ1v) is 5.26. The fourth-order valence-electron chi connectivity index (χ4n) is 2.00. The van der Waals surface area contributed by atoms with Crippen LogP contribution in [0.3, 0.4) is 0 Å². The molecule has 0 aliphatic heterocycles. The molecule has 3 rings (SSSR count). The lowest BCUT2D eigenvalue weighted by Gasteiger charge is -1.96. The second-order valence-electron chi connectivity index (χ2n) is 3.87. The number of hydrogen-bond acceptors (Lipinski definition) is 1. The topological polar surface area (TPSA) is 17.1 Å². The zero-order valence-corrected chi connectivity index (χ0v) is 8.68. The quantitative estimate of drug-likeness (QED) is 0.551. The van der Waals surface area contributed by atoms with Crippen LogP contribution < -0.4 is 5.43 Å². The maximum atomic E-state index is 11.7. The summed E-state index contributed by atoms with van der Waals surface area (Å²) in [5.41, 5.74) is 1.85. The van der Waals surface area contributed by atoms with E-state index in [4.69, 9.17) is 0 Å². The Bertz CT molecular complexity index is 685. The molecule has 1 nitrogen and oxygen atoms in total. The fraction of sp³-hybridized carbons (Fsp3) is 0. The smallest absolute Gasteiger partial charge is 0.186 e. The molecule has 2 aliphatic rings. The lowest BCUT2D eigenvalue weighted by molar-refractivity contribution is 1.57. The predicted molar refractivity (Wildman–Crippen MR) is 66.8 cm³/mol. The van der Waals surface area contributed by atoms with E-state index < -0.39 is 0 Å². The molecule has 0 N–H and O–H groups in total. The van der Waals surface area contributed by atoms with Gasteiger partial charge in [0, 0.05) is 5.56 Å². The molecule has 0 unspecified atom stereocenters. The van der Waals surface area contributed by atoms with Crippen molar-refractivity contribution in [3.8, 4) is 11.1 Å². The SMILES string of the molecule is O=c1cccc2cc3ccccc3ccc1-2. The largest absolute Gasteiger partial charge is 0.289 e. The van der Waals surface area contributed by atoms with E-state index in [0.29, 0.717) is 0 Å². The van der Waals surface area contributed by atoms with Gasteiger partial charge in [0.2, 0.25) is 0 Å². The highest BCUT2D eigenvalue weighted by Gasteiger charge is 2.03. The monoisotopic (exact) mass is 206 g/mol. The molecular weight excluding hydrogens is 196 g/mol. The maximum absolute atomic E-state index is 11.7. The molecule has 1 aromatic rings. The Morgan fingerprint density at radius 3 is 2.38 bits per heavy atom. The average molecular weight is 206 g/mol. The number of rotatable bonds is 0. The van der Waals surface area contributed by atoms with Crippen molar-refractivity contribution in [1.82, 2.24) is 0 Å². The molecule has 0 atom stereocenters. The Hall–Kier alpha value is -2.15. The minimum atomic E-state index is 0.0813. The van der Waals surface area contributed by atoms with Crippen LogP contribution in [0.15, 0.2) is 65.5 Å². The maximum Gasteiger partial charge on any atom is 0.186 e. The van der Waals surface area contributed by atoms with Crippen LogP contribution in [-0.4, -0.2) is 0 Å². The van der Waals surface area contributed by atoms with Crippen LogP contribution >= 0.6 is 0 Å². The van der Waals surface area contributed by atoms with Crippen LogP contribution in [0.4, 0.5) is 0 Å². The van der Waals surface area contributed by atoms with Crippen LogP contribution in [0.1, 0.15) is 0 Å². The molecule has 76 valence electrons. The summed E-state index contributed by atoms with van der Waals surface area (Å²) in [4.78, 5) is 11.7. The number of hydrogen-bond donors (Lipinski definition) is 0. The summed E-state index contributed by atoms with van der Waals surface area (Å²) in [7, 11) is 0. The predicted octanol–water partition coefficient (Wildman–Crippen LogP) is 3.30. The number of benzene rings is 2. The van der Waals surface area contributed by atoms with Crippen molar-refractivity contribution < 1.29 is 0 Å². The molecule has 0 fully saturated rings. The average Bonchev–Trinajstić information content (AvgIpc) is 2.48. The lowest BCUT2D eigenvalue weighted by Crippen LogP contribution is -2.00. The normalized spacial score (nSPS) is 10.8. The minimum Gasteiger partial charge on any atom is -0.289 e. The zero-order valence-electron chi connectivity index (χ0n) is 8.68. The number of fused-ring (bicyclic) bond motifs is 2. The van der Waals surface area contributed by atoms with Crippen molar-refractivity contribution in [1.29, 1.82) is 0 Å². The summed E-state index contributed by atoms with van der Waals surface area (Å²) < 4.78 is 0. The second-order valence-corrected chi connectivity index (χ2v) is 3.87. The van der Waals surface area contributed by atoms with Crippen molar-refractivity contribution in [2.24, 2.45) is 0 Å². The summed E-state index contributed by atoms with van der Waals surface area (Å²) in [5.74, 6) is 0. The first-order valence-electron chi connectivity index (χ1n) is 5.26. The third-order valence-corrected chi connectivity index (χ3v) is 2.84. The van der Waals surface area contributed by atoms with Gasteiger partial charge < -0.3 is 0 Å². The summed E-state index contributed by atoms with van der Waals surface area (Å²) in [6.45, 7) is 0. The summed E-state index contributed by atoms with van der Waals surface area (Å²) in [5, 5.41) is 2.31. The molecule has 1 aromatic carbocycles. The molecule has 0 aromatic heterocycles. The Balaban J connectivity index is 2.52. The summed E-state index contributed by atoms with van der Waals surface area (Å²) >= 11 is 0. The third-order valence-electron chi connectivity index (χ3n) is 2.84. The van der Waals surface area contributed by atoms with Gasteiger partial charge in [-0.15, -0.1) is 0 Å². The van der Waals surface area contributed by atoms with Crippen molar-refractivity contribution in [2.45, 2.75) is 0 Å². The van der Waals surface area contributed by atoms with Gasteiger partial charge >= 0.3 is 0 Å². The molecule has 2 aliphatic carbocycles. The van der Waals surface area contributed by atoms with E-state index >= 15 is 0 Å². The Labute approximate surface area is 93.3 Å². The molecule has 0 saturated heterocycles. The van der Waals surface area contributed by atoms with E-state index in [1.807, 2.05) is 30.3 Å². The Morgan fingerprint density at radius 1 is 0.688 bits per heavy atom. The van der Waals surface area contributed by atoms with Gasteiger partial charge in [-0.25, -0.2) is 0 Å². The summed E-state index contributed by atoms with van der Waals surface area (Å²) in [6, 6.07) is 19.5. The van der Waals surface area contributed by atoms with Crippen LogP contribution in [-0.2, 0) is 0 Å². The van der Waals surface area contributed by atoms with Gasteiger partial charge in [0.05, 0.1) is 0 Å². The van der Waals surface area contributed by atoms with Gasteiger partial charge in [-0.05, 0) is 34.5 Å². The fourth-order valence-corrected chi connectivity index (χ4v) is 2.00. The highest BCUT2D eigenvalue weighted by atomic mass is 16.1. The standard InChI is InChI=1S/C15H10O/c16-15-7-3-6-13-10-12-5-2-1-4-11(12)8-9-14(13)15/h1-10H. The third kappa shape index (κ3) is 1.38. The van der Waals surface area contributed by atoms with E-state index in [1.54, 1.807) is 12.1 Å². The van der Waals surface area contributed by atoms with Crippen LogP contribution in [0.25, 0.3) is 21.9 Å². The van der Waals surface area contributed by atoms with Gasteiger partial charge in [-0.3, -0.25) is 4.79 Å². The second kappa shape index (κ2) is 3.46. The molecule has 0 heterocycles. The molecule has 0 bridgehead atoms. The van der Waals surface area contributed by atoms with E-state index in [1.165, 1.54) is 0 Å². The van der Waals surface area contributed by atoms with Gasteiger partial charge in [0.15, 0.2) is 5.43 Å². The van der Waals surface area contributed by atoms with Crippen molar-refractivity contribution in [3.63, 3.8) is 0 Å². The summed E-state index contributed by atoms with van der Waals surface area (Å²) in [6.07, 6.45) is 0. The van der Waals surface area contributed by atoms with Gasteiger partial charge in [0.1, 0.15) is 0 Å². The van der Waals surface area contributed by atoms with E-state index in [-0.39, 0.29) is 5.43 Å². The van der Waals surface area contributed by atoms with E-state index in [2.05, 4.69) is 18.2 Å². The van der Waals surface area contributed by atoms with Crippen LogP contribution in [0.5, 0.6) is 0 Å². The van der Waals surface area contributed by atoms with Gasteiger partial charge in [-0.2, -0.15) is 0 Å². The van der Waals surface area contributed by atoms with E-state index in [9.17, 15) is 4.79 Å². The first kappa shape index (κ1) is 9.10. The van der Waals surface area contributed by atoms with Gasteiger partial charge in [0.25, 0.3) is 0 Å². The molecule has 16 heavy (non-hydrogen) atoms. The van der Waals surface area contributed by atoms with Crippen molar-refractivity contribution in [2.75, 3.05) is 0 Å². The molecular formula is C15H10O. The first-order chi connectivity index (χ1) is 7.84. The van der Waals surface area contributed by atoms with E-state index in [0.717, 1.165) is 21.9 Å². The molecule has 0 saturated carbocycles. The molecule has 0 radical (unpaired) electrons. The van der Waals surface area contributed by atoms with Crippen molar-refractivity contribution in [3.05, 3.63) is 70.9 Å². The molecule has 1 heteroatoms.